The average Bonchev–Trinajstić information content (AvgIpc) is 3.03. The molecule has 2 rings (SSSR count). The smallest absolute Gasteiger partial charge is 0.317 e. The van der Waals surface area contributed by atoms with Crippen LogP contribution in [-0.2, 0) is 17.9 Å². The molecule has 1 fully saturated rings. The highest BCUT2D eigenvalue weighted by Gasteiger charge is 2.25. The standard InChI is InChI=1S/C17H26N2O3/c1-2-9-22-13-16-6-4-3-5-15(16)10-18-17(21)19-8-7-14(11-19)12-20/h3-6,14,20H,2,7-13H2,1H3,(H,18,21). The molecule has 0 radical (unpaired) electrons. The van der Waals surface area contributed by atoms with Gasteiger partial charge in [-0.25, -0.2) is 4.79 Å². The minimum absolute atomic E-state index is 0.0553. The maximum absolute atomic E-state index is 12.2. The first-order valence-electron chi connectivity index (χ1n) is 8.02. The van der Waals surface area contributed by atoms with Crippen molar-refractivity contribution in [3.05, 3.63) is 35.4 Å². The number of aliphatic hydroxyl groups excluding tert-OH is 1. The van der Waals surface area contributed by atoms with Crippen molar-refractivity contribution in [3.63, 3.8) is 0 Å². The van der Waals surface area contributed by atoms with Gasteiger partial charge in [0.05, 0.1) is 6.61 Å². The fraction of sp³-hybridized carbons (Fsp3) is 0.588. The van der Waals surface area contributed by atoms with Crippen LogP contribution in [-0.4, -0.2) is 42.3 Å². The number of nitrogens with one attached hydrogen (secondary N) is 1. The Hall–Kier alpha value is -1.59. The Morgan fingerprint density at radius 1 is 1.41 bits per heavy atom. The van der Waals surface area contributed by atoms with Gasteiger partial charge >= 0.3 is 6.03 Å². The topological polar surface area (TPSA) is 61.8 Å². The summed E-state index contributed by atoms with van der Waals surface area (Å²) in [4.78, 5) is 13.9. The van der Waals surface area contributed by atoms with Crippen LogP contribution >= 0.6 is 0 Å². The number of benzene rings is 1. The lowest BCUT2D eigenvalue weighted by molar-refractivity contribution is 0.121. The first-order chi connectivity index (χ1) is 10.7. The van der Waals surface area contributed by atoms with Gasteiger partial charge in [-0.05, 0) is 24.0 Å². The lowest BCUT2D eigenvalue weighted by Crippen LogP contribution is -2.38. The van der Waals surface area contributed by atoms with Gasteiger partial charge in [-0.2, -0.15) is 0 Å². The molecule has 1 aromatic rings. The normalized spacial score (nSPS) is 17.7. The van der Waals surface area contributed by atoms with Gasteiger partial charge in [-0.3, -0.25) is 0 Å². The van der Waals surface area contributed by atoms with Crippen molar-refractivity contribution in [2.45, 2.75) is 32.9 Å². The van der Waals surface area contributed by atoms with Crippen LogP contribution in [0.5, 0.6) is 0 Å². The summed E-state index contributed by atoms with van der Waals surface area (Å²) in [6.45, 7) is 5.43. The summed E-state index contributed by atoms with van der Waals surface area (Å²) in [6.07, 6.45) is 1.88. The SMILES string of the molecule is CCCOCc1ccccc1CNC(=O)N1CCC(CO)C1. The second-order valence-electron chi connectivity index (χ2n) is 5.76. The number of amides is 2. The molecule has 2 amide bonds. The maximum Gasteiger partial charge on any atom is 0.317 e. The molecule has 5 nitrogen and oxygen atoms in total. The Bertz CT molecular complexity index is 479. The maximum atomic E-state index is 12.2. The Labute approximate surface area is 132 Å². The van der Waals surface area contributed by atoms with Crippen molar-refractivity contribution >= 4 is 6.03 Å². The van der Waals surface area contributed by atoms with Crippen LogP contribution in [0.4, 0.5) is 4.79 Å². The Balaban J connectivity index is 1.84. The quantitative estimate of drug-likeness (QED) is 0.759. The lowest BCUT2D eigenvalue weighted by Gasteiger charge is -2.18. The van der Waals surface area contributed by atoms with E-state index in [-0.39, 0.29) is 18.6 Å². The first kappa shape index (κ1) is 16.8. The number of urea groups is 1. The molecule has 1 aliphatic rings. The summed E-state index contributed by atoms with van der Waals surface area (Å²) < 4.78 is 5.59. The Kier molecular flexibility index (Phi) is 6.68. The van der Waals surface area contributed by atoms with Crippen molar-refractivity contribution in [2.75, 3.05) is 26.3 Å². The predicted octanol–water partition coefficient (Wildman–Crippen LogP) is 2.14. The molecular weight excluding hydrogens is 280 g/mol. The van der Waals surface area contributed by atoms with E-state index in [0.29, 0.717) is 19.7 Å². The van der Waals surface area contributed by atoms with Gasteiger partial charge in [0.15, 0.2) is 0 Å². The highest BCUT2D eigenvalue weighted by atomic mass is 16.5. The molecule has 0 spiro atoms. The van der Waals surface area contributed by atoms with Gasteiger partial charge in [-0.1, -0.05) is 31.2 Å². The van der Waals surface area contributed by atoms with Gasteiger partial charge in [0.1, 0.15) is 0 Å². The number of carbonyl (C=O) groups excluding carboxylic acids is 1. The number of nitrogens with zero attached hydrogens (tertiary/aromatic N) is 1. The second-order valence-corrected chi connectivity index (χ2v) is 5.76. The molecule has 1 saturated heterocycles. The fourth-order valence-corrected chi connectivity index (χ4v) is 2.65. The van der Waals surface area contributed by atoms with E-state index < -0.39 is 0 Å². The van der Waals surface area contributed by atoms with E-state index >= 15 is 0 Å². The van der Waals surface area contributed by atoms with Gasteiger partial charge in [0.2, 0.25) is 0 Å². The van der Waals surface area contributed by atoms with E-state index in [4.69, 9.17) is 9.84 Å². The van der Waals surface area contributed by atoms with Crippen LogP contribution in [0.3, 0.4) is 0 Å². The van der Waals surface area contributed by atoms with Crippen LogP contribution in [0.2, 0.25) is 0 Å². The molecule has 1 heterocycles. The first-order valence-corrected chi connectivity index (χ1v) is 8.02. The summed E-state index contributed by atoms with van der Waals surface area (Å²) in [6, 6.07) is 7.96. The van der Waals surface area contributed by atoms with Crippen LogP contribution in [0.1, 0.15) is 30.9 Å². The van der Waals surface area contributed by atoms with Crippen LogP contribution < -0.4 is 5.32 Å². The Morgan fingerprint density at radius 3 is 2.86 bits per heavy atom. The monoisotopic (exact) mass is 306 g/mol. The third-order valence-electron chi connectivity index (χ3n) is 3.99. The van der Waals surface area contributed by atoms with Gasteiger partial charge in [-0.15, -0.1) is 0 Å². The molecule has 0 aromatic heterocycles. The zero-order valence-electron chi connectivity index (χ0n) is 13.3. The van der Waals surface area contributed by atoms with E-state index in [9.17, 15) is 4.79 Å². The van der Waals surface area contributed by atoms with E-state index in [1.165, 1.54) is 0 Å². The van der Waals surface area contributed by atoms with Crippen molar-refractivity contribution in [2.24, 2.45) is 5.92 Å². The number of ether oxygens (including phenoxy) is 1. The van der Waals surface area contributed by atoms with Gasteiger partial charge < -0.3 is 20.1 Å². The summed E-state index contributed by atoms with van der Waals surface area (Å²) >= 11 is 0. The minimum atomic E-state index is -0.0553. The molecule has 22 heavy (non-hydrogen) atoms. The molecule has 2 N–H and O–H groups in total. The lowest BCUT2D eigenvalue weighted by atomic mass is 10.1. The third-order valence-corrected chi connectivity index (χ3v) is 3.99. The fourth-order valence-electron chi connectivity index (χ4n) is 2.65. The summed E-state index contributed by atoms with van der Waals surface area (Å²) in [7, 11) is 0. The van der Waals surface area contributed by atoms with E-state index in [2.05, 4.69) is 12.2 Å². The predicted molar refractivity (Wildman–Crippen MR) is 85.4 cm³/mol. The molecule has 122 valence electrons. The Morgan fingerprint density at radius 2 is 2.18 bits per heavy atom. The second kappa shape index (κ2) is 8.76. The van der Waals surface area contributed by atoms with E-state index in [1.807, 2.05) is 24.3 Å². The molecule has 1 aromatic carbocycles. The van der Waals surface area contributed by atoms with E-state index in [1.54, 1.807) is 4.90 Å². The highest BCUT2D eigenvalue weighted by Crippen LogP contribution is 2.16. The third kappa shape index (κ3) is 4.71. The molecular formula is C17H26N2O3. The summed E-state index contributed by atoms with van der Waals surface area (Å²) in [5.74, 6) is 0.223. The number of carbonyl (C=O) groups is 1. The van der Waals surface area contributed by atoms with Crippen LogP contribution in [0.15, 0.2) is 24.3 Å². The number of hydrogen-bond donors (Lipinski definition) is 2. The summed E-state index contributed by atoms with van der Waals surface area (Å²) in [5.41, 5.74) is 2.20. The van der Waals surface area contributed by atoms with E-state index in [0.717, 1.165) is 37.1 Å². The zero-order valence-corrected chi connectivity index (χ0v) is 13.3. The molecule has 0 aliphatic carbocycles. The molecule has 1 aliphatic heterocycles. The molecule has 1 atom stereocenters. The number of rotatable bonds is 7. The molecule has 1 unspecified atom stereocenters. The number of likely N-dealkylation sites (tertiary alicyclic amines) is 1. The average molecular weight is 306 g/mol. The molecule has 0 saturated carbocycles. The van der Waals surface area contributed by atoms with Gasteiger partial charge in [0, 0.05) is 38.8 Å². The van der Waals surface area contributed by atoms with Gasteiger partial charge in [0.25, 0.3) is 0 Å². The van der Waals surface area contributed by atoms with Crippen molar-refractivity contribution in [3.8, 4) is 0 Å². The number of aliphatic hydroxyl groups is 1. The van der Waals surface area contributed by atoms with Crippen molar-refractivity contribution in [1.82, 2.24) is 10.2 Å². The highest BCUT2D eigenvalue weighted by molar-refractivity contribution is 5.74. The number of hydrogen-bond acceptors (Lipinski definition) is 3. The van der Waals surface area contributed by atoms with Crippen LogP contribution in [0, 0.1) is 5.92 Å². The zero-order chi connectivity index (χ0) is 15.8. The summed E-state index contributed by atoms with van der Waals surface area (Å²) in [5, 5.41) is 12.1. The van der Waals surface area contributed by atoms with Crippen molar-refractivity contribution < 1.29 is 14.6 Å². The minimum Gasteiger partial charge on any atom is -0.396 e. The van der Waals surface area contributed by atoms with Crippen LogP contribution in [0.25, 0.3) is 0 Å². The van der Waals surface area contributed by atoms with Crippen molar-refractivity contribution in [1.29, 1.82) is 0 Å². The largest absolute Gasteiger partial charge is 0.396 e. The molecule has 5 heteroatoms. The molecule has 0 bridgehead atoms.